The molecule has 0 radical (unpaired) electrons. The second-order valence-electron chi connectivity index (χ2n) is 7.11. The zero-order chi connectivity index (χ0) is 18.0. The Labute approximate surface area is 152 Å². The van der Waals surface area contributed by atoms with E-state index in [0.29, 0.717) is 37.2 Å². The van der Waals surface area contributed by atoms with Gasteiger partial charge >= 0.3 is 0 Å². The van der Waals surface area contributed by atoms with Gasteiger partial charge in [-0.15, -0.1) is 10.2 Å². The molecule has 140 valence electrons. The van der Waals surface area contributed by atoms with Crippen LogP contribution in [0.1, 0.15) is 25.2 Å². The lowest BCUT2D eigenvalue weighted by molar-refractivity contribution is -0.146. The highest BCUT2D eigenvalue weighted by atomic mass is 16.5. The van der Waals surface area contributed by atoms with E-state index in [2.05, 4.69) is 15.1 Å². The Morgan fingerprint density at radius 2 is 2.23 bits per heavy atom. The van der Waals surface area contributed by atoms with Crippen molar-refractivity contribution in [2.75, 3.05) is 39.9 Å². The summed E-state index contributed by atoms with van der Waals surface area (Å²) in [6, 6.07) is 3.57. The van der Waals surface area contributed by atoms with E-state index in [-0.39, 0.29) is 11.3 Å². The van der Waals surface area contributed by atoms with Gasteiger partial charge in [0.05, 0.1) is 24.8 Å². The van der Waals surface area contributed by atoms with Crippen LogP contribution in [0.4, 0.5) is 0 Å². The van der Waals surface area contributed by atoms with Crippen molar-refractivity contribution in [1.82, 2.24) is 20.0 Å². The van der Waals surface area contributed by atoms with Gasteiger partial charge < -0.3 is 18.5 Å². The smallest absolute Gasteiger partial charge is 0.283 e. The highest BCUT2D eigenvalue weighted by Crippen LogP contribution is 2.40. The van der Waals surface area contributed by atoms with Crippen LogP contribution in [0, 0.1) is 5.41 Å². The van der Waals surface area contributed by atoms with Crippen LogP contribution in [0.2, 0.25) is 0 Å². The quantitative estimate of drug-likeness (QED) is 0.776. The van der Waals surface area contributed by atoms with Crippen molar-refractivity contribution in [2.45, 2.75) is 25.8 Å². The van der Waals surface area contributed by atoms with Crippen molar-refractivity contribution >= 4 is 5.91 Å². The van der Waals surface area contributed by atoms with Crippen LogP contribution in [0.5, 0.6) is 0 Å². The van der Waals surface area contributed by atoms with E-state index in [9.17, 15) is 4.79 Å². The van der Waals surface area contributed by atoms with E-state index in [0.717, 1.165) is 38.9 Å². The number of ether oxygens (including phenoxy) is 1. The number of rotatable bonds is 6. The first-order valence-corrected chi connectivity index (χ1v) is 9.07. The summed E-state index contributed by atoms with van der Waals surface area (Å²) < 4.78 is 16.1. The Bertz CT molecular complexity index is 744. The lowest BCUT2D eigenvalue weighted by Crippen LogP contribution is -2.50. The third-order valence-corrected chi connectivity index (χ3v) is 5.38. The summed E-state index contributed by atoms with van der Waals surface area (Å²) >= 11 is 0. The van der Waals surface area contributed by atoms with E-state index < -0.39 is 0 Å². The van der Waals surface area contributed by atoms with Crippen molar-refractivity contribution in [1.29, 1.82) is 0 Å². The number of piperidine rings is 1. The summed E-state index contributed by atoms with van der Waals surface area (Å²) in [5.41, 5.74) is -0.268. The standard InChI is InChI=1S/C18H24N4O4/c1-24-11-9-22-7-3-5-18(17(22)23)6-8-21(13-18)12-15-19-20-16(26-15)14-4-2-10-25-14/h2,4,10H,3,5-9,11-13H2,1H3/t18-/m0/s1. The van der Waals surface area contributed by atoms with E-state index in [1.165, 1.54) is 0 Å². The normalized spacial score (nSPS) is 24.0. The zero-order valence-corrected chi connectivity index (χ0v) is 15.0. The molecule has 2 aromatic heterocycles. The Balaban J connectivity index is 1.39. The van der Waals surface area contributed by atoms with Crippen molar-refractivity contribution in [2.24, 2.45) is 5.41 Å². The number of amides is 1. The second kappa shape index (κ2) is 7.20. The molecule has 4 heterocycles. The molecule has 2 saturated heterocycles. The van der Waals surface area contributed by atoms with Crippen molar-refractivity contribution in [3.63, 3.8) is 0 Å². The molecular weight excluding hydrogens is 336 g/mol. The number of nitrogens with zero attached hydrogens (tertiary/aromatic N) is 4. The molecule has 0 bridgehead atoms. The van der Waals surface area contributed by atoms with Crippen LogP contribution < -0.4 is 0 Å². The molecule has 2 fully saturated rings. The van der Waals surface area contributed by atoms with Crippen LogP contribution in [0.25, 0.3) is 11.7 Å². The Hall–Kier alpha value is -2.19. The number of carbonyl (C=O) groups excluding carboxylic acids is 1. The molecule has 2 aliphatic rings. The SMILES string of the molecule is COCCN1CCC[C@@]2(CCN(Cc3nnc(-c4ccco4)o3)C2)C1=O. The lowest BCUT2D eigenvalue weighted by atomic mass is 9.78. The number of furan rings is 1. The van der Waals surface area contributed by atoms with Gasteiger partial charge in [0.1, 0.15) is 0 Å². The molecule has 0 N–H and O–H groups in total. The topological polar surface area (TPSA) is 84.8 Å². The summed E-state index contributed by atoms with van der Waals surface area (Å²) in [6.45, 7) is 4.26. The number of hydrogen-bond donors (Lipinski definition) is 0. The molecule has 0 aliphatic carbocycles. The van der Waals surface area contributed by atoms with Crippen molar-refractivity contribution < 1.29 is 18.4 Å². The molecule has 2 aliphatic heterocycles. The first-order chi connectivity index (χ1) is 12.7. The van der Waals surface area contributed by atoms with Gasteiger partial charge in [-0.2, -0.15) is 0 Å². The third kappa shape index (κ3) is 3.26. The maximum absolute atomic E-state index is 13.0. The maximum atomic E-state index is 13.0. The molecule has 1 atom stereocenters. The predicted octanol–water partition coefficient (Wildman–Crippen LogP) is 1.79. The molecule has 0 unspecified atom stereocenters. The van der Waals surface area contributed by atoms with Gasteiger partial charge in [0, 0.05) is 26.7 Å². The molecule has 8 heteroatoms. The van der Waals surface area contributed by atoms with E-state index in [1.54, 1.807) is 25.5 Å². The molecule has 0 saturated carbocycles. The monoisotopic (exact) mass is 360 g/mol. The average Bonchev–Trinajstić information content (AvgIpc) is 3.38. The number of methoxy groups -OCH3 is 1. The molecule has 1 amide bonds. The van der Waals surface area contributed by atoms with E-state index in [1.807, 2.05) is 4.90 Å². The van der Waals surface area contributed by atoms with Gasteiger partial charge in [0.15, 0.2) is 5.76 Å². The molecular formula is C18H24N4O4. The predicted molar refractivity (Wildman–Crippen MR) is 92.0 cm³/mol. The minimum Gasteiger partial charge on any atom is -0.459 e. The molecule has 4 rings (SSSR count). The fraction of sp³-hybridized carbons (Fsp3) is 0.611. The highest BCUT2D eigenvalue weighted by Gasteiger charge is 2.48. The third-order valence-electron chi connectivity index (χ3n) is 5.38. The highest BCUT2D eigenvalue weighted by molar-refractivity contribution is 5.84. The largest absolute Gasteiger partial charge is 0.459 e. The number of aromatic nitrogens is 2. The fourth-order valence-electron chi connectivity index (χ4n) is 4.05. The minimum absolute atomic E-state index is 0.268. The molecule has 0 aromatic carbocycles. The number of hydrogen-bond acceptors (Lipinski definition) is 7. The van der Waals surface area contributed by atoms with Gasteiger partial charge in [-0.25, -0.2) is 0 Å². The summed E-state index contributed by atoms with van der Waals surface area (Å²) in [6.07, 6.45) is 4.46. The minimum atomic E-state index is -0.268. The van der Waals surface area contributed by atoms with Crippen molar-refractivity contribution in [3.8, 4) is 11.7 Å². The first kappa shape index (κ1) is 17.2. The maximum Gasteiger partial charge on any atom is 0.283 e. The number of carbonyl (C=O) groups is 1. The Morgan fingerprint density at radius 3 is 3.04 bits per heavy atom. The van der Waals surface area contributed by atoms with E-state index >= 15 is 0 Å². The molecule has 8 nitrogen and oxygen atoms in total. The van der Waals surface area contributed by atoms with Gasteiger partial charge in [0.25, 0.3) is 5.89 Å². The lowest BCUT2D eigenvalue weighted by Gasteiger charge is -2.39. The van der Waals surface area contributed by atoms with Gasteiger partial charge in [-0.05, 0) is 37.9 Å². The van der Waals surface area contributed by atoms with Crippen LogP contribution in [0.15, 0.2) is 27.2 Å². The second-order valence-corrected chi connectivity index (χ2v) is 7.11. The van der Waals surface area contributed by atoms with Crippen LogP contribution >= 0.6 is 0 Å². The van der Waals surface area contributed by atoms with Crippen molar-refractivity contribution in [3.05, 3.63) is 24.3 Å². The Morgan fingerprint density at radius 1 is 1.31 bits per heavy atom. The Kier molecular flexibility index (Phi) is 4.78. The molecule has 1 spiro atoms. The average molecular weight is 360 g/mol. The summed E-state index contributed by atoms with van der Waals surface area (Å²) in [4.78, 5) is 17.2. The van der Waals surface area contributed by atoms with E-state index in [4.69, 9.17) is 13.6 Å². The molecule has 2 aromatic rings. The van der Waals surface area contributed by atoms with Crippen LogP contribution in [-0.2, 0) is 16.1 Å². The summed E-state index contributed by atoms with van der Waals surface area (Å²) in [5, 5.41) is 8.15. The van der Waals surface area contributed by atoms with Crippen LogP contribution in [-0.4, -0.2) is 65.8 Å². The van der Waals surface area contributed by atoms with Crippen LogP contribution in [0.3, 0.4) is 0 Å². The molecule has 26 heavy (non-hydrogen) atoms. The van der Waals surface area contributed by atoms with Gasteiger partial charge in [-0.1, -0.05) is 0 Å². The zero-order valence-electron chi connectivity index (χ0n) is 15.0. The summed E-state index contributed by atoms with van der Waals surface area (Å²) in [5.74, 6) is 1.77. The first-order valence-electron chi connectivity index (χ1n) is 9.07. The van der Waals surface area contributed by atoms with Gasteiger partial charge in [-0.3, -0.25) is 9.69 Å². The fourth-order valence-corrected chi connectivity index (χ4v) is 4.05. The van der Waals surface area contributed by atoms with Gasteiger partial charge in [0.2, 0.25) is 11.8 Å². The number of likely N-dealkylation sites (tertiary alicyclic amines) is 2. The summed E-state index contributed by atoms with van der Waals surface area (Å²) in [7, 11) is 1.67.